The van der Waals surface area contributed by atoms with E-state index in [9.17, 15) is 4.79 Å². The molecule has 18 heavy (non-hydrogen) atoms. The van der Waals surface area contributed by atoms with Crippen LogP contribution < -0.4 is 5.32 Å². The monoisotopic (exact) mass is 280 g/mol. The molecule has 5 heteroatoms. The van der Waals surface area contributed by atoms with E-state index in [-0.39, 0.29) is 5.91 Å². The standard InChI is InChI=1S/C13H13ClN2OS/c1-9-16-12(8-18-9)6-7-15-13(17)10-2-4-11(14)5-3-10/h2-5,8H,6-7H2,1H3,(H,15,17). The summed E-state index contributed by atoms with van der Waals surface area (Å²) in [5.74, 6) is -0.0846. The lowest BCUT2D eigenvalue weighted by Gasteiger charge is -2.04. The summed E-state index contributed by atoms with van der Waals surface area (Å²) in [5.41, 5.74) is 1.64. The van der Waals surface area contributed by atoms with Gasteiger partial charge in [-0.05, 0) is 31.2 Å². The Kier molecular flexibility index (Phi) is 4.33. The number of aryl methyl sites for hydroxylation is 1. The van der Waals surface area contributed by atoms with Crippen LogP contribution in [-0.2, 0) is 6.42 Å². The Morgan fingerprint density at radius 3 is 2.72 bits per heavy atom. The number of nitrogens with zero attached hydrogens (tertiary/aromatic N) is 1. The molecule has 0 unspecified atom stereocenters. The van der Waals surface area contributed by atoms with Gasteiger partial charge in [0.2, 0.25) is 0 Å². The number of amides is 1. The summed E-state index contributed by atoms with van der Waals surface area (Å²) in [5, 5.41) is 6.56. The van der Waals surface area contributed by atoms with Crippen LogP contribution in [-0.4, -0.2) is 17.4 Å². The lowest BCUT2D eigenvalue weighted by Crippen LogP contribution is -2.25. The molecular formula is C13H13ClN2OS. The second-order valence-corrected chi connectivity index (χ2v) is 5.37. The molecule has 1 N–H and O–H groups in total. The van der Waals surface area contributed by atoms with Gasteiger partial charge >= 0.3 is 0 Å². The fourth-order valence-electron chi connectivity index (χ4n) is 1.53. The van der Waals surface area contributed by atoms with Crippen molar-refractivity contribution in [3.05, 3.63) is 50.9 Å². The van der Waals surface area contributed by atoms with E-state index in [4.69, 9.17) is 11.6 Å². The summed E-state index contributed by atoms with van der Waals surface area (Å²) in [7, 11) is 0. The van der Waals surface area contributed by atoms with Gasteiger partial charge in [-0.1, -0.05) is 11.6 Å². The average molecular weight is 281 g/mol. The van der Waals surface area contributed by atoms with Crippen molar-refractivity contribution >= 4 is 28.8 Å². The molecular weight excluding hydrogens is 268 g/mol. The van der Waals surface area contributed by atoms with E-state index in [1.807, 2.05) is 12.3 Å². The summed E-state index contributed by atoms with van der Waals surface area (Å²) in [6.45, 7) is 2.56. The van der Waals surface area contributed by atoms with E-state index in [2.05, 4.69) is 10.3 Å². The number of rotatable bonds is 4. The maximum absolute atomic E-state index is 11.8. The Morgan fingerprint density at radius 1 is 1.39 bits per heavy atom. The number of thiazole rings is 1. The van der Waals surface area contributed by atoms with Crippen molar-refractivity contribution in [2.75, 3.05) is 6.54 Å². The molecule has 2 aromatic rings. The first-order valence-corrected chi connectivity index (χ1v) is 6.85. The van der Waals surface area contributed by atoms with Gasteiger partial charge in [0, 0.05) is 28.9 Å². The highest BCUT2D eigenvalue weighted by molar-refractivity contribution is 7.09. The molecule has 0 fully saturated rings. The first-order valence-electron chi connectivity index (χ1n) is 5.60. The number of aromatic nitrogens is 1. The van der Waals surface area contributed by atoms with Gasteiger partial charge in [0.15, 0.2) is 0 Å². The van der Waals surface area contributed by atoms with Crippen LogP contribution in [0.15, 0.2) is 29.6 Å². The van der Waals surface area contributed by atoms with Gasteiger partial charge < -0.3 is 5.32 Å². The number of benzene rings is 1. The summed E-state index contributed by atoms with van der Waals surface area (Å²) in [6.07, 6.45) is 0.754. The minimum atomic E-state index is -0.0846. The van der Waals surface area contributed by atoms with Crippen molar-refractivity contribution in [3.8, 4) is 0 Å². The lowest BCUT2D eigenvalue weighted by molar-refractivity contribution is 0.0954. The SMILES string of the molecule is Cc1nc(CCNC(=O)c2ccc(Cl)cc2)cs1. The molecule has 1 aromatic carbocycles. The first kappa shape index (κ1) is 13.1. The summed E-state index contributed by atoms with van der Waals surface area (Å²) in [6, 6.07) is 6.84. The van der Waals surface area contributed by atoms with Gasteiger partial charge in [-0.25, -0.2) is 4.98 Å². The Morgan fingerprint density at radius 2 is 2.11 bits per heavy atom. The van der Waals surface area contributed by atoms with Crippen LogP contribution in [0.3, 0.4) is 0 Å². The Bertz CT molecular complexity index is 536. The third-order valence-electron chi connectivity index (χ3n) is 2.44. The van der Waals surface area contributed by atoms with E-state index in [0.29, 0.717) is 17.1 Å². The molecule has 0 aliphatic rings. The zero-order valence-electron chi connectivity index (χ0n) is 9.94. The molecule has 0 saturated carbocycles. The van der Waals surface area contributed by atoms with E-state index in [1.165, 1.54) is 0 Å². The van der Waals surface area contributed by atoms with Crippen molar-refractivity contribution < 1.29 is 4.79 Å². The van der Waals surface area contributed by atoms with E-state index in [1.54, 1.807) is 35.6 Å². The minimum absolute atomic E-state index is 0.0846. The highest BCUT2D eigenvalue weighted by atomic mass is 35.5. The molecule has 1 amide bonds. The lowest BCUT2D eigenvalue weighted by atomic mass is 10.2. The third kappa shape index (κ3) is 3.55. The van der Waals surface area contributed by atoms with Gasteiger partial charge in [-0.3, -0.25) is 4.79 Å². The number of nitrogens with one attached hydrogen (secondary N) is 1. The largest absolute Gasteiger partial charge is 0.352 e. The first-order chi connectivity index (χ1) is 8.65. The van der Waals surface area contributed by atoms with Crippen molar-refractivity contribution in [3.63, 3.8) is 0 Å². The maximum atomic E-state index is 11.8. The van der Waals surface area contributed by atoms with Gasteiger partial charge in [-0.15, -0.1) is 11.3 Å². The molecule has 1 aromatic heterocycles. The molecule has 0 atom stereocenters. The highest BCUT2D eigenvalue weighted by Gasteiger charge is 2.05. The van der Waals surface area contributed by atoms with Crippen molar-refractivity contribution in [1.29, 1.82) is 0 Å². The van der Waals surface area contributed by atoms with E-state index < -0.39 is 0 Å². The Hall–Kier alpha value is -1.39. The third-order valence-corrected chi connectivity index (χ3v) is 3.51. The smallest absolute Gasteiger partial charge is 0.251 e. The predicted octanol–water partition coefficient (Wildman–Crippen LogP) is 3.08. The average Bonchev–Trinajstić information content (AvgIpc) is 2.76. The number of hydrogen-bond acceptors (Lipinski definition) is 3. The van der Waals surface area contributed by atoms with E-state index >= 15 is 0 Å². The van der Waals surface area contributed by atoms with Crippen molar-refractivity contribution in [1.82, 2.24) is 10.3 Å². The predicted molar refractivity (Wildman–Crippen MR) is 74.3 cm³/mol. The summed E-state index contributed by atoms with van der Waals surface area (Å²) < 4.78 is 0. The van der Waals surface area contributed by atoms with Crippen LogP contribution >= 0.6 is 22.9 Å². The number of carbonyl (C=O) groups excluding carboxylic acids is 1. The van der Waals surface area contributed by atoms with Crippen molar-refractivity contribution in [2.45, 2.75) is 13.3 Å². The number of halogens is 1. The molecule has 1 heterocycles. The fourth-order valence-corrected chi connectivity index (χ4v) is 2.30. The highest BCUT2D eigenvalue weighted by Crippen LogP contribution is 2.10. The molecule has 3 nitrogen and oxygen atoms in total. The molecule has 0 spiro atoms. The van der Waals surface area contributed by atoms with Crippen LogP contribution in [0.2, 0.25) is 5.02 Å². The van der Waals surface area contributed by atoms with Gasteiger partial charge in [-0.2, -0.15) is 0 Å². The maximum Gasteiger partial charge on any atom is 0.251 e. The molecule has 0 bridgehead atoms. The van der Waals surface area contributed by atoms with Gasteiger partial charge in [0.05, 0.1) is 10.7 Å². The van der Waals surface area contributed by atoms with Gasteiger partial charge in [0.25, 0.3) is 5.91 Å². The quantitative estimate of drug-likeness (QED) is 0.935. The topological polar surface area (TPSA) is 42.0 Å². The van der Waals surface area contributed by atoms with E-state index in [0.717, 1.165) is 17.1 Å². The Labute approximate surface area is 115 Å². The zero-order valence-corrected chi connectivity index (χ0v) is 11.5. The Balaban J connectivity index is 1.83. The van der Waals surface area contributed by atoms with Crippen molar-refractivity contribution in [2.24, 2.45) is 0 Å². The van der Waals surface area contributed by atoms with Crippen LogP contribution in [0.1, 0.15) is 21.1 Å². The molecule has 0 aliphatic heterocycles. The normalized spacial score (nSPS) is 10.3. The fraction of sp³-hybridized carbons (Fsp3) is 0.231. The van der Waals surface area contributed by atoms with Crippen LogP contribution in [0, 0.1) is 6.92 Å². The molecule has 0 radical (unpaired) electrons. The molecule has 0 aliphatic carbocycles. The van der Waals surface area contributed by atoms with Crippen LogP contribution in [0.4, 0.5) is 0 Å². The van der Waals surface area contributed by atoms with Crippen LogP contribution in [0.25, 0.3) is 0 Å². The van der Waals surface area contributed by atoms with Crippen LogP contribution in [0.5, 0.6) is 0 Å². The molecule has 0 saturated heterocycles. The minimum Gasteiger partial charge on any atom is -0.352 e. The summed E-state index contributed by atoms with van der Waals surface area (Å²) in [4.78, 5) is 16.1. The zero-order chi connectivity index (χ0) is 13.0. The second kappa shape index (κ2) is 5.98. The second-order valence-electron chi connectivity index (χ2n) is 3.87. The molecule has 2 rings (SSSR count). The molecule has 94 valence electrons. The van der Waals surface area contributed by atoms with Gasteiger partial charge in [0.1, 0.15) is 0 Å². The number of hydrogen-bond donors (Lipinski definition) is 1. The summed E-state index contributed by atoms with van der Waals surface area (Å²) >= 11 is 7.39. The number of carbonyl (C=O) groups is 1.